The maximum atomic E-state index is 13.6. The Balaban J connectivity index is 2.03. The predicted octanol–water partition coefficient (Wildman–Crippen LogP) is 3.81. The third-order valence-corrected chi connectivity index (χ3v) is 3.25. The van der Waals surface area contributed by atoms with Crippen LogP contribution < -0.4 is 10.1 Å². The van der Waals surface area contributed by atoms with Crippen molar-refractivity contribution in [3.05, 3.63) is 64.4 Å². The van der Waals surface area contributed by atoms with E-state index in [1.165, 1.54) is 6.07 Å². The largest absolute Gasteiger partial charge is 0.489 e. The molecule has 0 saturated carbocycles. The van der Waals surface area contributed by atoms with Crippen molar-refractivity contribution in [2.45, 2.75) is 13.5 Å². The smallest absolute Gasteiger partial charge is 0.251 e. The van der Waals surface area contributed by atoms with E-state index >= 15 is 0 Å². The van der Waals surface area contributed by atoms with Gasteiger partial charge in [0.05, 0.1) is 5.02 Å². The molecule has 0 fully saturated rings. The molecule has 0 aliphatic rings. The molecule has 1 N–H and O–H groups in total. The maximum absolute atomic E-state index is 13.6. The van der Waals surface area contributed by atoms with Crippen LogP contribution in [0.15, 0.2) is 42.5 Å². The monoisotopic (exact) mass is 307 g/mol. The van der Waals surface area contributed by atoms with E-state index in [4.69, 9.17) is 16.3 Å². The van der Waals surface area contributed by atoms with Crippen molar-refractivity contribution >= 4 is 17.5 Å². The first-order valence-electron chi connectivity index (χ1n) is 6.55. The molecular weight excluding hydrogens is 293 g/mol. The van der Waals surface area contributed by atoms with E-state index < -0.39 is 5.82 Å². The van der Waals surface area contributed by atoms with Gasteiger partial charge in [-0.1, -0.05) is 17.7 Å². The van der Waals surface area contributed by atoms with Crippen molar-refractivity contribution in [1.29, 1.82) is 0 Å². The van der Waals surface area contributed by atoms with E-state index in [2.05, 4.69) is 5.32 Å². The fourth-order valence-electron chi connectivity index (χ4n) is 1.79. The zero-order chi connectivity index (χ0) is 15.2. The molecule has 0 atom stereocenters. The maximum Gasteiger partial charge on any atom is 0.251 e. The second-order valence-corrected chi connectivity index (χ2v) is 4.78. The third kappa shape index (κ3) is 3.95. The van der Waals surface area contributed by atoms with Gasteiger partial charge in [-0.25, -0.2) is 4.39 Å². The van der Waals surface area contributed by atoms with Gasteiger partial charge in [0, 0.05) is 17.7 Å². The molecule has 5 heteroatoms. The highest BCUT2D eigenvalue weighted by molar-refractivity contribution is 6.31. The molecule has 2 aromatic carbocycles. The van der Waals surface area contributed by atoms with Gasteiger partial charge in [-0.15, -0.1) is 0 Å². The van der Waals surface area contributed by atoms with Gasteiger partial charge < -0.3 is 10.1 Å². The van der Waals surface area contributed by atoms with Gasteiger partial charge in [-0.3, -0.25) is 4.79 Å². The molecule has 0 aromatic heterocycles. The molecule has 0 saturated heterocycles. The average Bonchev–Trinajstić information content (AvgIpc) is 2.47. The minimum Gasteiger partial charge on any atom is -0.489 e. The van der Waals surface area contributed by atoms with Crippen LogP contribution in [-0.2, 0) is 6.61 Å². The predicted molar refractivity (Wildman–Crippen MR) is 80.2 cm³/mol. The van der Waals surface area contributed by atoms with Crippen LogP contribution in [0.4, 0.5) is 4.39 Å². The minimum atomic E-state index is -0.401. The van der Waals surface area contributed by atoms with E-state index in [0.29, 0.717) is 28.4 Å². The summed E-state index contributed by atoms with van der Waals surface area (Å²) >= 11 is 5.92. The summed E-state index contributed by atoms with van der Waals surface area (Å²) in [5.74, 6) is 0.00464. The third-order valence-electron chi connectivity index (χ3n) is 2.90. The number of carbonyl (C=O) groups excluding carboxylic acids is 1. The van der Waals surface area contributed by atoms with Crippen molar-refractivity contribution in [3.63, 3.8) is 0 Å². The lowest BCUT2D eigenvalue weighted by Crippen LogP contribution is -2.22. The number of rotatable bonds is 5. The Morgan fingerprint density at radius 1 is 1.24 bits per heavy atom. The summed E-state index contributed by atoms with van der Waals surface area (Å²) in [5, 5.41) is 3.03. The normalized spacial score (nSPS) is 10.2. The van der Waals surface area contributed by atoms with Crippen LogP contribution in [0.5, 0.6) is 5.75 Å². The number of hydrogen-bond acceptors (Lipinski definition) is 2. The number of nitrogens with one attached hydrogen (secondary N) is 1. The first-order chi connectivity index (χ1) is 10.1. The molecule has 110 valence electrons. The number of carbonyl (C=O) groups is 1. The van der Waals surface area contributed by atoms with Gasteiger partial charge in [0.2, 0.25) is 0 Å². The molecule has 0 aliphatic heterocycles. The fraction of sp³-hybridized carbons (Fsp3) is 0.188. The highest BCUT2D eigenvalue weighted by Gasteiger charge is 2.08. The van der Waals surface area contributed by atoms with Gasteiger partial charge in [0.25, 0.3) is 5.91 Å². The van der Waals surface area contributed by atoms with E-state index in [9.17, 15) is 9.18 Å². The van der Waals surface area contributed by atoms with E-state index in [1.54, 1.807) is 36.4 Å². The van der Waals surface area contributed by atoms with Crippen LogP contribution in [-0.4, -0.2) is 12.5 Å². The van der Waals surface area contributed by atoms with E-state index in [-0.39, 0.29) is 12.5 Å². The first-order valence-corrected chi connectivity index (χ1v) is 6.93. The summed E-state index contributed by atoms with van der Waals surface area (Å²) < 4.78 is 19.1. The lowest BCUT2D eigenvalue weighted by molar-refractivity contribution is 0.0956. The molecule has 0 heterocycles. The molecule has 0 unspecified atom stereocenters. The van der Waals surface area contributed by atoms with Crippen molar-refractivity contribution in [3.8, 4) is 5.75 Å². The summed E-state index contributed by atoms with van der Waals surface area (Å²) in [5.41, 5.74) is 0.861. The van der Waals surface area contributed by atoms with Crippen LogP contribution in [0, 0.1) is 5.82 Å². The number of benzene rings is 2. The Hall–Kier alpha value is -2.07. The van der Waals surface area contributed by atoms with Crippen molar-refractivity contribution in [1.82, 2.24) is 5.32 Å². The lowest BCUT2D eigenvalue weighted by Gasteiger charge is -2.09. The highest BCUT2D eigenvalue weighted by Crippen LogP contribution is 2.21. The van der Waals surface area contributed by atoms with Crippen molar-refractivity contribution in [2.75, 3.05) is 6.54 Å². The Labute approximate surface area is 127 Å². The summed E-state index contributed by atoms with van der Waals surface area (Å²) in [7, 11) is 0. The molecule has 2 rings (SSSR count). The Bertz CT molecular complexity index is 608. The zero-order valence-electron chi connectivity index (χ0n) is 11.5. The average molecular weight is 308 g/mol. The number of amides is 1. The fourth-order valence-corrected chi connectivity index (χ4v) is 2.01. The highest BCUT2D eigenvalue weighted by atomic mass is 35.5. The molecule has 0 spiro atoms. The van der Waals surface area contributed by atoms with Crippen molar-refractivity contribution in [2.24, 2.45) is 0 Å². The summed E-state index contributed by atoms with van der Waals surface area (Å²) in [6.07, 6.45) is 0. The second-order valence-electron chi connectivity index (χ2n) is 4.37. The van der Waals surface area contributed by atoms with Crippen LogP contribution in [0.3, 0.4) is 0 Å². The molecule has 0 bridgehead atoms. The Morgan fingerprint density at radius 2 is 1.95 bits per heavy atom. The van der Waals surface area contributed by atoms with Gasteiger partial charge in [-0.2, -0.15) is 0 Å². The molecule has 3 nitrogen and oxygen atoms in total. The Morgan fingerprint density at radius 3 is 2.57 bits per heavy atom. The van der Waals surface area contributed by atoms with E-state index in [0.717, 1.165) is 0 Å². The zero-order valence-corrected chi connectivity index (χ0v) is 12.3. The molecule has 1 amide bonds. The van der Waals surface area contributed by atoms with Crippen molar-refractivity contribution < 1.29 is 13.9 Å². The molecule has 2 aromatic rings. The van der Waals surface area contributed by atoms with Gasteiger partial charge in [-0.05, 0) is 43.3 Å². The molecule has 0 radical (unpaired) electrons. The Kier molecular flexibility index (Phi) is 5.17. The van der Waals surface area contributed by atoms with Gasteiger partial charge >= 0.3 is 0 Å². The quantitative estimate of drug-likeness (QED) is 0.912. The summed E-state index contributed by atoms with van der Waals surface area (Å²) in [6, 6.07) is 11.1. The lowest BCUT2D eigenvalue weighted by atomic mass is 10.2. The summed E-state index contributed by atoms with van der Waals surface area (Å²) in [6.45, 7) is 2.46. The SMILES string of the molecule is CCNC(=O)c1ccc(OCc2c(F)cccc2Cl)cc1. The number of ether oxygens (including phenoxy) is 1. The van der Waals surface area contributed by atoms with Crippen LogP contribution >= 0.6 is 11.6 Å². The number of hydrogen-bond donors (Lipinski definition) is 1. The molecule has 21 heavy (non-hydrogen) atoms. The molecular formula is C16H15ClFNO2. The molecule has 0 aliphatic carbocycles. The van der Waals surface area contributed by atoms with Crippen LogP contribution in [0.1, 0.15) is 22.8 Å². The minimum absolute atomic E-state index is 0.0337. The topological polar surface area (TPSA) is 38.3 Å². The summed E-state index contributed by atoms with van der Waals surface area (Å²) in [4.78, 5) is 11.6. The standard InChI is InChI=1S/C16H15ClFNO2/c1-2-19-16(20)11-6-8-12(9-7-11)21-10-13-14(17)4-3-5-15(13)18/h3-9H,2,10H2,1H3,(H,19,20). The van der Waals surface area contributed by atoms with Gasteiger partial charge in [0.1, 0.15) is 18.2 Å². The number of halogens is 2. The first kappa shape index (κ1) is 15.3. The van der Waals surface area contributed by atoms with E-state index in [1.807, 2.05) is 6.92 Å². The van der Waals surface area contributed by atoms with Crippen LogP contribution in [0.2, 0.25) is 5.02 Å². The van der Waals surface area contributed by atoms with Gasteiger partial charge in [0.15, 0.2) is 0 Å². The van der Waals surface area contributed by atoms with Crippen LogP contribution in [0.25, 0.3) is 0 Å². The second kappa shape index (κ2) is 7.09.